The Hall–Kier alpha value is -1.45. The zero-order valence-electron chi connectivity index (χ0n) is 8.49. The number of hydrogen-bond donors (Lipinski definition) is 0. The van der Waals surface area contributed by atoms with Gasteiger partial charge in [-0.1, -0.05) is 0 Å². The van der Waals surface area contributed by atoms with Gasteiger partial charge in [-0.05, 0) is 37.8 Å². The topological polar surface area (TPSA) is 39.2 Å². The molecule has 0 aliphatic rings. The Morgan fingerprint density at radius 3 is 3.00 bits per heavy atom. The van der Waals surface area contributed by atoms with E-state index in [1.165, 1.54) is 6.07 Å². The third-order valence-corrected chi connectivity index (χ3v) is 2.08. The average molecular weight is 211 g/mol. The molecule has 1 aromatic rings. The summed E-state index contributed by atoms with van der Waals surface area (Å²) in [5.74, 6) is -0.248. The van der Waals surface area contributed by atoms with E-state index < -0.39 is 0 Å². The second-order valence-electron chi connectivity index (χ2n) is 3.21. The molecular formula is C11H14FNO2. The fourth-order valence-electron chi connectivity index (χ4n) is 1.31. The Morgan fingerprint density at radius 2 is 2.27 bits per heavy atom. The molecule has 0 spiro atoms. The van der Waals surface area contributed by atoms with Crippen molar-refractivity contribution in [2.24, 2.45) is 0 Å². The maximum Gasteiger partial charge on any atom is 0.293 e. The van der Waals surface area contributed by atoms with Gasteiger partial charge >= 0.3 is 0 Å². The SMILES string of the molecule is O=COCCCCCc1ncccc1F. The number of ether oxygens (including phenoxy) is 1. The summed E-state index contributed by atoms with van der Waals surface area (Å²) in [7, 11) is 0. The van der Waals surface area contributed by atoms with Crippen molar-refractivity contribution in [3.05, 3.63) is 29.8 Å². The molecule has 0 aliphatic heterocycles. The van der Waals surface area contributed by atoms with Crippen molar-refractivity contribution in [2.75, 3.05) is 6.61 Å². The van der Waals surface area contributed by atoms with Gasteiger partial charge in [-0.15, -0.1) is 0 Å². The lowest BCUT2D eigenvalue weighted by atomic mass is 10.1. The first-order valence-corrected chi connectivity index (χ1v) is 4.99. The number of nitrogens with zero attached hydrogens (tertiary/aromatic N) is 1. The third kappa shape index (κ3) is 4.54. The van der Waals surface area contributed by atoms with Crippen LogP contribution in [0, 0.1) is 5.82 Å². The number of aryl methyl sites for hydroxylation is 1. The fraction of sp³-hybridized carbons (Fsp3) is 0.455. The number of rotatable bonds is 7. The molecule has 82 valence electrons. The molecule has 3 nitrogen and oxygen atoms in total. The van der Waals surface area contributed by atoms with Gasteiger partial charge in [0.15, 0.2) is 0 Å². The van der Waals surface area contributed by atoms with Gasteiger partial charge in [0, 0.05) is 6.20 Å². The molecule has 0 amide bonds. The monoisotopic (exact) mass is 211 g/mol. The van der Waals surface area contributed by atoms with Crippen molar-refractivity contribution < 1.29 is 13.9 Å². The maximum absolute atomic E-state index is 13.1. The first-order chi connectivity index (χ1) is 7.34. The van der Waals surface area contributed by atoms with E-state index in [4.69, 9.17) is 0 Å². The highest BCUT2D eigenvalue weighted by Crippen LogP contribution is 2.07. The quantitative estimate of drug-likeness (QED) is 0.512. The summed E-state index contributed by atoms with van der Waals surface area (Å²) in [5, 5.41) is 0. The van der Waals surface area contributed by atoms with Crippen molar-refractivity contribution in [1.82, 2.24) is 4.98 Å². The van der Waals surface area contributed by atoms with Crippen molar-refractivity contribution in [3.8, 4) is 0 Å². The Kier molecular flexibility index (Phi) is 5.37. The minimum absolute atomic E-state index is 0.248. The first-order valence-electron chi connectivity index (χ1n) is 4.99. The van der Waals surface area contributed by atoms with Gasteiger partial charge in [-0.2, -0.15) is 0 Å². The summed E-state index contributed by atoms with van der Waals surface area (Å²) in [6.07, 6.45) is 4.80. The van der Waals surface area contributed by atoms with E-state index in [1.807, 2.05) is 0 Å². The van der Waals surface area contributed by atoms with Gasteiger partial charge in [0.05, 0.1) is 12.3 Å². The number of hydrogen-bond acceptors (Lipinski definition) is 3. The number of halogens is 1. The standard InChI is InChI=1S/C11H14FNO2/c12-10-5-4-7-13-11(10)6-2-1-3-8-15-9-14/h4-5,7,9H,1-3,6,8H2. The molecule has 0 N–H and O–H groups in total. The van der Waals surface area contributed by atoms with E-state index in [-0.39, 0.29) is 5.82 Å². The molecule has 0 fully saturated rings. The van der Waals surface area contributed by atoms with Crippen LogP contribution in [-0.2, 0) is 16.0 Å². The Bertz CT molecular complexity index is 304. The van der Waals surface area contributed by atoms with Gasteiger partial charge in [0.2, 0.25) is 0 Å². The first kappa shape index (κ1) is 11.6. The van der Waals surface area contributed by atoms with Crippen LogP contribution in [0.3, 0.4) is 0 Å². The van der Waals surface area contributed by atoms with Crippen LogP contribution < -0.4 is 0 Å². The lowest BCUT2D eigenvalue weighted by Crippen LogP contribution is -1.96. The second kappa shape index (κ2) is 6.92. The molecule has 0 unspecified atom stereocenters. The van der Waals surface area contributed by atoms with E-state index >= 15 is 0 Å². The molecule has 0 atom stereocenters. The second-order valence-corrected chi connectivity index (χ2v) is 3.21. The fourth-order valence-corrected chi connectivity index (χ4v) is 1.31. The van der Waals surface area contributed by atoms with E-state index in [1.54, 1.807) is 12.3 Å². The van der Waals surface area contributed by atoms with Crippen molar-refractivity contribution in [2.45, 2.75) is 25.7 Å². The number of carbonyl (C=O) groups is 1. The maximum atomic E-state index is 13.1. The molecule has 1 aromatic heterocycles. The van der Waals surface area contributed by atoms with Crippen LogP contribution in [0.25, 0.3) is 0 Å². The van der Waals surface area contributed by atoms with Gasteiger partial charge in [-0.3, -0.25) is 9.78 Å². The zero-order valence-corrected chi connectivity index (χ0v) is 8.49. The van der Waals surface area contributed by atoms with E-state index in [0.29, 0.717) is 25.2 Å². The lowest BCUT2D eigenvalue weighted by Gasteiger charge is -2.01. The molecule has 4 heteroatoms. The van der Waals surface area contributed by atoms with Crippen LogP contribution in [-0.4, -0.2) is 18.1 Å². The molecule has 0 aromatic carbocycles. The van der Waals surface area contributed by atoms with Crippen LogP contribution >= 0.6 is 0 Å². The predicted octanol–water partition coefficient (Wildman–Crippen LogP) is 2.11. The predicted molar refractivity (Wildman–Crippen MR) is 53.8 cm³/mol. The highest BCUT2D eigenvalue weighted by Gasteiger charge is 2.01. The molecule has 15 heavy (non-hydrogen) atoms. The molecule has 0 radical (unpaired) electrons. The summed E-state index contributed by atoms with van der Waals surface area (Å²) in [4.78, 5) is 13.8. The zero-order chi connectivity index (χ0) is 10.9. The van der Waals surface area contributed by atoms with Crippen molar-refractivity contribution >= 4 is 6.47 Å². The van der Waals surface area contributed by atoms with Gasteiger partial charge < -0.3 is 4.74 Å². The summed E-state index contributed by atoms with van der Waals surface area (Å²) < 4.78 is 17.6. The summed E-state index contributed by atoms with van der Waals surface area (Å²) in [5.41, 5.74) is 0.508. The van der Waals surface area contributed by atoms with Crippen LogP contribution in [0.1, 0.15) is 25.0 Å². The lowest BCUT2D eigenvalue weighted by molar-refractivity contribution is -0.128. The molecule has 0 aliphatic carbocycles. The number of pyridine rings is 1. The molecular weight excluding hydrogens is 197 g/mol. The Labute approximate surface area is 88.3 Å². The summed E-state index contributed by atoms with van der Waals surface area (Å²) in [6, 6.07) is 2.99. The van der Waals surface area contributed by atoms with E-state index in [0.717, 1.165) is 19.3 Å². The summed E-state index contributed by atoms with van der Waals surface area (Å²) >= 11 is 0. The normalized spacial score (nSPS) is 9.93. The average Bonchev–Trinajstić information content (AvgIpc) is 2.25. The van der Waals surface area contributed by atoms with Gasteiger partial charge in [0.1, 0.15) is 5.82 Å². The molecule has 1 rings (SSSR count). The highest BCUT2D eigenvalue weighted by molar-refractivity contribution is 5.36. The van der Waals surface area contributed by atoms with Crippen molar-refractivity contribution in [3.63, 3.8) is 0 Å². The highest BCUT2D eigenvalue weighted by atomic mass is 19.1. The Morgan fingerprint density at radius 1 is 1.40 bits per heavy atom. The van der Waals surface area contributed by atoms with Crippen LogP contribution in [0.2, 0.25) is 0 Å². The van der Waals surface area contributed by atoms with E-state index in [9.17, 15) is 9.18 Å². The largest absolute Gasteiger partial charge is 0.468 e. The van der Waals surface area contributed by atoms with Crippen molar-refractivity contribution in [1.29, 1.82) is 0 Å². The minimum Gasteiger partial charge on any atom is -0.468 e. The number of carbonyl (C=O) groups excluding carboxylic acids is 1. The van der Waals surface area contributed by atoms with Crippen LogP contribution in [0.5, 0.6) is 0 Å². The summed E-state index contributed by atoms with van der Waals surface area (Å²) in [6.45, 7) is 0.882. The molecule has 0 saturated heterocycles. The molecule has 0 saturated carbocycles. The molecule has 1 heterocycles. The minimum atomic E-state index is -0.248. The third-order valence-electron chi connectivity index (χ3n) is 2.08. The molecule has 0 bridgehead atoms. The van der Waals surface area contributed by atoms with E-state index in [2.05, 4.69) is 9.72 Å². The number of unbranched alkanes of at least 4 members (excludes halogenated alkanes) is 2. The van der Waals surface area contributed by atoms with Gasteiger partial charge in [0.25, 0.3) is 6.47 Å². The van der Waals surface area contributed by atoms with Gasteiger partial charge in [-0.25, -0.2) is 4.39 Å². The number of aromatic nitrogens is 1. The van der Waals surface area contributed by atoms with Crippen LogP contribution in [0.15, 0.2) is 18.3 Å². The smallest absolute Gasteiger partial charge is 0.293 e. The van der Waals surface area contributed by atoms with Crippen LogP contribution in [0.4, 0.5) is 4.39 Å². The Balaban J connectivity index is 2.15.